The highest BCUT2D eigenvalue weighted by Gasteiger charge is 2.30. The smallest absolute Gasteiger partial charge is 0.337 e. The molecule has 0 saturated carbocycles. The van der Waals surface area contributed by atoms with E-state index in [9.17, 15) is 13.2 Å². The van der Waals surface area contributed by atoms with Crippen molar-refractivity contribution in [1.82, 2.24) is 5.32 Å². The van der Waals surface area contributed by atoms with Gasteiger partial charge in [-0.05, 0) is 36.8 Å². The van der Waals surface area contributed by atoms with Crippen molar-refractivity contribution in [2.45, 2.75) is 24.4 Å². The van der Waals surface area contributed by atoms with Gasteiger partial charge < -0.3 is 10.1 Å². The summed E-state index contributed by atoms with van der Waals surface area (Å²) in [5, 5.41) is 3.31. The monoisotopic (exact) mass is 360 g/mol. The number of nitrogens with zero attached hydrogens (tertiary/aromatic N) is 1. The summed E-state index contributed by atoms with van der Waals surface area (Å²) < 4.78 is 32.6. The quantitative estimate of drug-likeness (QED) is 0.849. The van der Waals surface area contributed by atoms with Crippen LogP contribution in [0.5, 0.6) is 0 Å². The SMILES string of the molecule is COC(=O)c1cccc(S(=O)(=O)N2CC(C)NCc3ccccc32)c1. The zero-order valence-electron chi connectivity index (χ0n) is 14.1. The summed E-state index contributed by atoms with van der Waals surface area (Å²) in [5.74, 6) is -0.566. The maximum Gasteiger partial charge on any atom is 0.337 e. The fourth-order valence-electron chi connectivity index (χ4n) is 2.86. The summed E-state index contributed by atoms with van der Waals surface area (Å²) in [5.41, 5.74) is 1.78. The third-order valence-electron chi connectivity index (χ3n) is 4.18. The second kappa shape index (κ2) is 6.85. The van der Waals surface area contributed by atoms with Crippen LogP contribution in [0.4, 0.5) is 5.69 Å². The van der Waals surface area contributed by atoms with Gasteiger partial charge in [0.1, 0.15) is 0 Å². The lowest BCUT2D eigenvalue weighted by atomic mass is 10.2. The number of anilines is 1. The molecule has 7 heteroatoms. The molecule has 0 fully saturated rings. The largest absolute Gasteiger partial charge is 0.465 e. The number of rotatable bonds is 3. The minimum Gasteiger partial charge on any atom is -0.465 e. The number of benzene rings is 2. The molecule has 1 unspecified atom stereocenters. The van der Waals surface area contributed by atoms with Crippen molar-refractivity contribution in [1.29, 1.82) is 0 Å². The Morgan fingerprint density at radius 3 is 2.72 bits per heavy atom. The number of esters is 1. The summed E-state index contributed by atoms with van der Waals surface area (Å²) >= 11 is 0. The van der Waals surface area contributed by atoms with Gasteiger partial charge in [0.05, 0.1) is 23.3 Å². The number of hydrogen-bond acceptors (Lipinski definition) is 5. The molecule has 1 atom stereocenters. The van der Waals surface area contributed by atoms with E-state index in [2.05, 4.69) is 10.1 Å². The van der Waals surface area contributed by atoms with E-state index in [1.807, 2.05) is 25.1 Å². The van der Waals surface area contributed by atoms with Crippen molar-refractivity contribution in [3.05, 3.63) is 59.7 Å². The molecule has 132 valence electrons. The molecule has 0 saturated heterocycles. The molecule has 2 aromatic rings. The number of hydrogen-bond donors (Lipinski definition) is 1. The molecule has 0 amide bonds. The fourth-order valence-corrected chi connectivity index (χ4v) is 4.49. The number of para-hydroxylation sites is 1. The first-order chi connectivity index (χ1) is 11.9. The molecule has 2 aromatic carbocycles. The molecule has 3 rings (SSSR count). The molecule has 1 aliphatic heterocycles. The van der Waals surface area contributed by atoms with Gasteiger partial charge in [-0.3, -0.25) is 4.31 Å². The van der Waals surface area contributed by atoms with Crippen LogP contribution in [-0.4, -0.2) is 34.1 Å². The lowest BCUT2D eigenvalue weighted by Gasteiger charge is -2.26. The van der Waals surface area contributed by atoms with Crippen molar-refractivity contribution in [3.8, 4) is 0 Å². The molecule has 0 spiro atoms. The number of carbonyl (C=O) groups is 1. The van der Waals surface area contributed by atoms with Crippen molar-refractivity contribution >= 4 is 21.7 Å². The molecular formula is C18H20N2O4S. The van der Waals surface area contributed by atoms with Crippen LogP contribution in [0.3, 0.4) is 0 Å². The minimum atomic E-state index is -3.81. The molecule has 6 nitrogen and oxygen atoms in total. The average molecular weight is 360 g/mol. The minimum absolute atomic E-state index is 0.00837. The van der Waals surface area contributed by atoms with Crippen LogP contribution in [0, 0.1) is 0 Å². The Bertz CT molecular complexity index is 895. The third kappa shape index (κ3) is 3.38. The maximum atomic E-state index is 13.3. The molecule has 0 bridgehead atoms. The molecule has 0 aromatic heterocycles. The summed E-state index contributed by atoms with van der Waals surface area (Å²) in [6.07, 6.45) is 0. The van der Waals surface area contributed by atoms with E-state index >= 15 is 0 Å². The zero-order chi connectivity index (χ0) is 18.0. The van der Waals surface area contributed by atoms with E-state index < -0.39 is 16.0 Å². The Morgan fingerprint density at radius 2 is 1.96 bits per heavy atom. The molecule has 1 aliphatic rings. The van der Waals surface area contributed by atoms with E-state index in [1.54, 1.807) is 12.1 Å². The van der Waals surface area contributed by atoms with Gasteiger partial charge in [0.2, 0.25) is 0 Å². The first-order valence-corrected chi connectivity index (χ1v) is 9.40. The van der Waals surface area contributed by atoms with Gasteiger partial charge in [-0.1, -0.05) is 24.3 Å². The molecular weight excluding hydrogens is 340 g/mol. The lowest BCUT2D eigenvalue weighted by molar-refractivity contribution is 0.0600. The van der Waals surface area contributed by atoms with Crippen LogP contribution in [0.15, 0.2) is 53.4 Å². The van der Waals surface area contributed by atoms with Gasteiger partial charge in [0, 0.05) is 19.1 Å². The normalized spacial score (nSPS) is 17.5. The first kappa shape index (κ1) is 17.4. The van der Waals surface area contributed by atoms with E-state index in [4.69, 9.17) is 0 Å². The van der Waals surface area contributed by atoms with Crippen LogP contribution in [0.2, 0.25) is 0 Å². The highest BCUT2D eigenvalue weighted by molar-refractivity contribution is 7.92. The predicted molar refractivity (Wildman–Crippen MR) is 95.1 cm³/mol. The Labute approximate surface area is 147 Å². The summed E-state index contributed by atoms with van der Waals surface area (Å²) in [6.45, 7) is 2.85. The molecule has 25 heavy (non-hydrogen) atoms. The van der Waals surface area contributed by atoms with E-state index in [-0.39, 0.29) is 16.5 Å². The second-order valence-corrected chi connectivity index (χ2v) is 7.83. The van der Waals surface area contributed by atoms with Crippen molar-refractivity contribution in [2.24, 2.45) is 0 Å². The standard InChI is InChI=1S/C18H20N2O4S/c1-13-12-20(17-9-4-3-6-15(17)11-19-13)25(22,23)16-8-5-7-14(10-16)18(21)24-2/h3-10,13,19H,11-12H2,1-2H3. The van der Waals surface area contributed by atoms with Gasteiger partial charge in [0.25, 0.3) is 10.0 Å². The molecule has 0 radical (unpaired) electrons. The number of ether oxygens (including phenoxy) is 1. The van der Waals surface area contributed by atoms with Gasteiger partial charge in [-0.2, -0.15) is 0 Å². The summed E-state index contributed by atoms with van der Waals surface area (Å²) in [7, 11) is -2.54. The van der Waals surface area contributed by atoms with Gasteiger partial charge >= 0.3 is 5.97 Å². The average Bonchev–Trinajstić information content (AvgIpc) is 2.81. The summed E-state index contributed by atoms with van der Waals surface area (Å²) in [4.78, 5) is 11.8. The molecule has 1 N–H and O–H groups in total. The maximum absolute atomic E-state index is 13.3. The Morgan fingerprint density at radius 1 is 1.20 bits per heavy atom. The zero-order valence-corrected chi connectivity index (χ0v) is 14.9. The third-order valence-corrected chi connectivity index (χ3v) is 5.96. The molecule has 0 aliphatic carbocycles. The number of nitrogens with one attached hydrogen (secondary N) is 1. The van der Waals surface area contributed by atoms with E-state index in [0.29, 0.717) is 18.8 Å². The van der Waals surface area contributed by atoms with E-state index in [0.717, 1.165) is 5.56 Å². The van der Waals surface area contributed by atoms with Gasteiger partial charge in [0.15, 0.2) is 0 Å². The van der Waals surface area contributed by atoms with Crippen molar-refractivity contribution < 1.29 is 17.9 Å². The van der Waals surface area contributed by atoms with Crippen LogP contribution < -0.4 is 9.62 Å². The number of sulfonamides is 1. The fraction of sp³-hybridized carbons (Fsp3) is 0.278. The number of fused-ring (bicyclic) bond motifs is 1. The van der Waals surface area contributed by atoms with Gasteiger partial charge in [-0.15, -0.1) is 0 Å². The van der Waals surface area contributed by atoms with Crippen LogP contribution in [-0.2, 0) is 21.3 Å². The molecule has 1 heterocycles. The second-order valence-electron chi connectivity index (χ2n) is 5.97. The number of carbonyl (C=O) groups excluding carboxylic acids is 1. The highest BCUT2D eigenvalue weighted by atomic mass is 32.2. The Hall–Kier alpha value is -2.38. The van der Waals surface area contributed by atoms with Crippen molar-refractivity contribution in [3.63, 3.8) is 0 Å². The highest BCUT2D eigenvalue weighted by Crippen LogP contribution is 2.29. The Kier molecular flexibility index (Phi) is 4.78. The van der Waals surface area contributed by atoms with Crippen LogP contribution >= 0.6 is 0 Å². The van der Waals surface area contributed by atoms with Crippen LogP contribution in [0.25, 0.3) is 0 Å². The van der Waals surface area contributed by atoms with Crippen molar-refractivity contribution in [2.75, 3.05) is 18.0 Å². The first-order valence-electron chi connectivity index (χ1n) is 7.96. The number of methoxy groups -OCH3 is 1. The lowest BCUT2D eigenvalue weighted by Crippen LogP contribution is -2.39. The van der Waals surface area contributed by atoms with Gasteiger partial charge in [-0.25, -0.2) is 13.2 Å². The van der Waals surface area contributed by atoms with Crippen LogP contribution in [0.1, 0.15) is 22.8 Å². The summed E-state index contributed by atoms with van der Waals surface area (Å²) in [6, 6.07) is 13.3. The predicted octanol–water partition coefficient (Wildman–Crippen LogP) is 2.16. The topological polar surface area (TPSA) is 75.7 Å². The van der Waals surface area contributed by atoms with E-state index in [1.165, 1.54) is 29.6 Å². The Balaban J connectivity index is 2.09.